The lowest BCUT2D eigenvalue weighted by atomic mass is 9.68. The fourth-order valence-corrected chi connectivity index (χ4v) is 3.69. The Bertz CT molecular complexity index is 427. The standard InChI is InChI=1S/C18H28FN/c1-18(2,3)15-10-8-13(9-11-15)17(20-4)14-6-5-7-16(19)12-14/h5-7,12-13,15,17,20H,8-11H2,1-4H3. The minimum absolute atomic E-state index is 0.133. The number of hydrogen-bond acceptors (Lipinski definition) is 1. The van der Waals surface area contributed by atoms with E-state index < -0.39 is 0 Å². The van der Waals surface area contributed by atoms with Crippen molar-refractivity contribution in [3.8, 4) is 0 Å². The molecule has 1 aliphatic carbocycles. The van der Waals surface area contributed by atoms with Crippen LogP contribution in [-0.4, -0.2) is 7.05 Å². The van der Waals surface area contributed by atoms with E-state index in [2.05, 4.69) is 26.1 Å². The lowest BCUT2D eigenvalue weighted by Gasteiger charge is -2.39. The summed E-state index contributed by atoms with van der Waals surface area (Å²) in [6.07, 6.45) is 5.07. The largest absolute Gasteiger partial charge is 0.313 e. The predicted octanol–water partition coefficient (Wildman–Crippen LogP) is 4.94. The summed E-state index contributed by atoms with van der Waals surface area (Å²) in [4.78, 5) is 0. The van der Waals surface area contributed by atoms with E-state index in [9.17, 15) is 4.39 Å². The van der Waals surface area contributed by atoms with Crippen molar-refractivity contribution in [2.45, 2.75) is 52.5 Å². The molecule has 2 heteroatoms. The molecule has 1 fully saturated rings. The highest BCUT2D eigenvalue weighted by atomic mass is 19.1. The van der Waals surface area contributed by atoms with Gasteiger partial charge in [0.15, 0.2) is 0 Å². The topological polar surface area (TPSA) is 12.0 Å². The van der Waals surface area contributed by atoms with Crippen LogP contribution in [0, 0.1) is 23.1 Å². The Kier molecular flexibility index (Phi) is 4.85. The van der Waals surface area contributed by atoms with Crippen LogP contribution in [0.4, 0.5) is 4.39 Å². The fourth-order valence-electron chi connectivity index (χ4n) is 3.69. The summed E-state index contributed by atoms with van der Waals surface area (Å²) in [5.74, 6) is 1.32. The predicted molar refractivity (Wildman–Crippen MR) is 83.1 cm³/mol. The van der Waals surface area contributed by atoms with Crippen molar-refractivity contribution in [1.82, 2.24) is 5.32 Å². The Morgan fingerprint density at radius 1 is 1.15 bits per heavy atom. The molecule has 2 rings (SSSR count). The summed E-state index contributed by atoms with van der Waals surface area (Å²) in [6.45, 7) is 7.04. The molecule has 1 nitrogen and oxygen atoms in total. The van der Waals surface area contributed by atoms with Crippen LogP contribution in [0.2, 0.25) is 0 Å². The number of halogens is 1. The molecule has 112 valence electrons. The van der Waals surface area contributed by atoms with Crippen LogP contribution in [0.25, 0.3) is 0 Å². The van der Waals surface area contributed by atoms with Gasteiger partial charge in [0.2, 0.25) is 0 Å². The average Bonchev–Trinajstić information content (AvgIpc) is 2.39. The number of hydrogen-bond donors (Lipinski definition) is 1. The molecule has 1 N–H and O–H groups in total. The zero-order valence-electron chi connectivity index (χ0n) is 13.2. The lowest BCUT2D eigenvalue weighted by Crippen LogP contribution is -2.32. The normalized spacial score (nSPS) is 25.4. The second-order valence-corrected chi connectivity index (χ2v) is 7.30. The van der Waals surface area contributed by atoms with E-state index >= 15 is 0 Å². The van der Waals surface area contributed by atoms with E-state index in [1.165, 1.54) is 31.7 Å². The molecular formula is C18H28FN. The molecule has 0 heterocycles. The van der Waals surface area contributed by atoms with E-state index in [0.717, 1.165) is 11.5 Å². The van der Waals surface area contributed by atoms with Gasteiger partial charge in [0.1, 0.15) is 5.82 Å². The van der Waals surface area contributed by atoms with Crippen molar-refractivity contribution in [2.75, 3.05) is 7.05 Å². The van der Waals surface area contributed by atoms with E-state index in [-0.39, 0.29) is 11.9 Å². The second kappa shape index (κ2) is 6.26. The third-order valence-electron chi connectivity index (χ3n) is 4.99. The van der Waals surface area contributed by atoms with Gasteiger partial charge in [0, 0.05) is 6.04 Å². The number of rotatable bonds is 3. The summed E-state index contributed by atoms with van der Waals surface area (Å²) in [6, 6.07) is 7.34. The van der Waals surface area contributed by atoms with Crippen molar-refractivity contribution in [3.63, 3.8) is 0 Å². The van der Waals surface area contributed by atoms with E-state index in [1.54, 1.807) is 6.07 Å². The summed E-state index contributed by atoms with van der Waals surface area (Å²) < 4.78 is 13.4. The van der Waals surface area contributed by atoms with Crippen molar-refractivity contribution < 1.29 is 4.39 Å². The van der Waals surface area contributed by atoms with Crippen LogP contribution in [-0.2, 0) is 0 Å². The average molecular weight is 277 g/mol. The third-order valence-corrected chi connectivity index (χ3v) is 4.99. The zero-order valence-corrected chi connectivity index (χ0v) is 13.2. The molecule has 1 aromatic carbocycles. The minimum Gasteiger partial charge on any atom is -0.313 e. The summed E-state index contributed by atoms with van der Waals surface area (Å²) >= 11 is 0. The van der Waals surface area contributed by atoms with Crippen molar-refractivity contribution >= 4 is 0 Å². The summed E-state index contributed by atoms with van der Waals surface area (Å²) in [5.41, 5.74) is 1.51. The van der Waals surface area contributed by atoms with Gasteiger partial charge in [-0.25, -0.2) is 4.39 Å². The van der Waals surface area contributed by atoms with Gasteiger partial charge in [-0.2, -0.15) is 0 Å². The van der Waals surface area contributed by atoms with Crippen LogP contribution >= 0.6 is 0 Å². The molecule has 0 saturated heterocycles. The van der Waals surface area contributed by atoms with Gasteiger partial charge in [0.25, 0.3) is 0 Å². The molecule has 0 radical (unpaired) electrons. The number of nitrogens with one attached hydrogen (secondary N) is 1. The van der Waals surface area contributed by atoms with Crippen LogP contribution in [0.1, 0.15) is 58.1 Å². The van der Waals surface area contributed by atoms with Crippen molar-refractivity contribution in [1.29, 1.82) is 0 Å². The first-order valence-corrected chi connectivity index (χ1v) is 7.84. The zero-order chi connectivity index (χ0) is 14.8. The Balaban J connectivity index is 2.04. The highest BCUT2D eigenvalue weighted by molar-refractivity contribution is 5.21. The molecule has 1 aromatic rings. The SMILES string of the molecule is CNC(c1cccc(F)c1)C1CCC(C(C)(C)C)CC1. The molecule has 0 aromatic heterocycles. The van der Waals surface area contributed by atoms with Crippen LogP contribution in [0.15, 0.2) is 24.3 Å². The molecule has 1 saturated carbocycles. The molecule has 1 atom stereocenters. The van der Waals surface area contributed by atoms with E-state index in [1.807, 2.05) is 19.2 Å². The van der Waals surface area contributed by atoms with E-state index in [4.69, 9.17) is 0 Å². The highest BCUT2D eigenvalue weighted by Gasteiger charge is 2.32. The monoisotopic (exact) mass is 277 g/mol. The molecule has 1 unspecified atom stereocenters. The van der Waals surface area contributed by atoms with Gasteiger partial charge in [-0.3, -0.25) is 0 Å². The highest BCUT2D eigenvalue weighted by Crippen LogP contribution is 2.43. The molecule has 0 aliphatic heterocycles. The molecule has 0 spiro atoms. The summed E-state index contributed by atoms with van der Waals surface area (Å²) in [7, 11) is 1.99. The van der Waals surface area contributed by atoms with Crippen LogP contribution < -0.4 is 5.32 Å². The van der Waals surface area contributed by atoms with Gasteiger partial charge in [-0.15, -0.1) is 0 Å². The molecule has 20 heavy (non-hydrogen) atoms. The maximum atomic E-state index is 13.4. The smallest absolute Gasteiger partial charge is 0.123 e. The first kappa shape index (κ1) is 15.5. The molecule has 0 bridgehead atoms. The van der Waals surface area contributed by atoms with Gasteiger partial charge in [0.05, 0.1) is 0 Å². The molecule has 0 amide bonds. The minimum atomic E-state index is -0.133. The Morgan fingerprint density at radius 2 is 1.80 bits per heavy atom. The first-order chi connectivity index (χ1) is 9.41. The Hall–Kier alpha value is -0.890. The first-order valence-electron chi connectivity index (χ1n) is 7.84. The maximum Gasteiger partial charge on any atom is 0.123 e. The Labute approximate surface area is 123 Å². The van der Waals surface area contributed by atoms with Crippen LogP contribution in [0.5, 0.6) is 0 Å². The van der Waals surface area contributed by atoms with Gasteiger partial charge >= 0.3 is 0 Å². The maximum absolute atomic E-state index is 13.4. The fraction of sp³-hybridized carbons (Fsp3) is 0.667. The van der Waals surface area contributed by atoms with Gasteiger partial charge in [-0.05, 0) is 67.7 Å². The summed E-state index contributed by atoms with van der Waals surface area (Å²) in [5, 5.41) is 3.40. The van der Waals surface area contributed by atoms with Gasteiger partial charge < -0.3 is 5.32 Å². The van der Waals surface area contributed by atoms with Crippen molar-refractivity contribution in [2.24, 2.45) is 17.3 Å². The quantitative estimate of drug-likeness (QED) is 0.825. The van der Waals surface area contributed by atoms with Crippen molar-refractivity contribution in [3.05, 3.63) is 35.6 Å². The van der Waals surface area contributed by atoms with Gasteiger partial charge in [-0.1, -0.05) is 32.9 Å². The second-order valence-electron chi connectivity index (χ2n) is 7.30. The molecular weight excluding hydrogens is 249 g/mol. The lowest BCUT2D eigenvalue weighted by molar-refractivity contribution is 0.134. The molecule has 1 aliphatic rings. The van der Waals surface area contributed by atoms with Crippen LogP contribution in [0.3, 0.4) is 0 Å². The Morgan fingerprint density at radius 3 is 2.30 bits per heavy atom. The van der Waals surface area contributed by atoms with E-state index in [0.29, 0.717) is 11.3 Å². The number of benzene rings is 1. The third kappa shape index (κ3) is 3.60.